The van der Waals surface area contributed by atoms with Crippen LogP contribution in [0.15, 0.2) is 18.2 Å². The summed E-state index contributed by atoms with van der Waals surface area (Å²) in [6, 6.07) is 5.58. The summed E-state index contributed by atoms with van der Waals surface area (Å²) in [5.74, 6) is -1.07. The van der Waals surface area contributed by atoms with Crippen molar-refractivity contribution in [2.24, 2.45) is 0 Å². The quantitative estimate of drug-likeness (QED) is 0.340. The number of carbonyl (C=O) groups is 3. The number of terminal acetylenes is 1. The molecule has 0 fully saturated rings. The van der Waals surface area contributed by atoms with Crippen LogP contribution in [0.3, 0.4) is 0 Å². The number of thiol groups is 1. The van der Waals surface area contributed by atoms with Gasteiger partial charge in [0.05, 0.1) is 0 Å². The number of nitrogens with one attached hydrogen (secondary N) is 2. The molecule has 170 valence electrons. The zero-order valence-corrected chi connectivity index (χ0v) is 20.2. The number of hydrogen-bond acceptors (Lipinski definition) is 5. The fraction of sp³-hybridized carbons (Fsp3) is 0.522. The van der Waals surface area contributed by atoms with Gasteiger partial charge < -0.3 is 15.4 Å². The van der Waals surface area contributed by atoms with E-state index in [4.69, 9.17) is 11.2 Å². The van der Waals surface area contributed by atoms with Gasteiger partial charge in [-0.2, -0.15) is 12.6 Å². The third-order valence-electron chi connectivity index (χ3n) is 4.21. The van der Waals surface area contributed by atoms with E-state index >= 15 is 0 Å². The normalized spacial score (nSPS) is 13.0. The molecule has 1 rings (SSSR count). The summed E-state index contributed by atoms with van der Waals surface area (Å²) in [6.45, 7) is 12.6. The molecule has 31 heavy (non-hydrogen) atoms. The van der Waals surface area contributed by atoms with Crippen LogP contribution in [0.4, 0.5) is 4.79 Å². The number of benzene rings is 1. The second kappa shape index (κ2) is 11.1. The third kappa shape index (κ3) is 7.83. The fourth-order valence-electron chi connectivity index (χ4n) is 2.96. The minimum Gasteiger partial charge on any atom is -0.444 e. The topological polar surface area (TPSA) is 87.7 Å². The van der Waals surface area contributed by atoms with Gasteiger partial charge in [-0.1, -0.05) is 30.2 Å². The predicted molar refractivity (Wildman–Crippen MR) is 125 cm³/mol. The maximum atomic E-state index is 13.3. The van der Waals surface area contributed by atoms with E-state index in [9.17, 15) is 14.4 Å². The SMILES string of the molecule is C#CN(C(=O)C(CS)NC(=O)OC(C)(C)C)C(C(=O)NC(C)C)c1ccc(C)cc1C. The average molecular weight is 448 g/mol. The monoisotopic (exact) mass is 447 g/mol. The summed E-state index contributed by atoms with van der Waals surface area (Å²) in [7, 11) is 0. The molecule has 0 saturated carbocycles. The molecule has 3 amide bonds. The van der Waals surface area contributed by atoms with E-state index in [1.54, 1.807) is 26.8 Å². The summed E-state index contributed by atoms with van der Waals surface area (Å²) >= 11 is 4.18. The van der Waals surface area contributed by atoms with Gasteiger partial charge >= 0.3 is 6.09 Å². The van der Waals surface area contributed by atoms with Crippen LogP contribution in [0, 0.1) is 26.3 Å². The number of ether oxygens (including phenoxy) is 1. The lowest BCUT2D eigenvalue weighted by Gasteiger charge is -2.31. The van der Waals surface area contributed by atoms with Gasteiger partial charge in [0.2, 0.25) is 5.91 Å². The van der Waals surface area contributed by atoms with Crippen molar-refractivity contribution in [1.82, 2.24) is 15.5 Å². The number of nitrogens with zero attached hydrogens (tertiary/aromatic N) is 1. The summed E-state index contributed by atoms with van der Waals surface area (Å²) in [4.78, 5) is 39.6. The second-order valence-corrected chi connectivity index (χ2v) is 9.01. The molecule has 0 spiro atoms. The molecule has 0 aliphatic carbocycles. The number of amides is 3. The van der Waals surface area contributed by atoms with Gasteiger partial charge in [0.1, 0.15) is 17.7 Å². The minimum absolute atomic E-state index is 0.0261. The van der Waals surface area contributed by atoms with Gasteiger partial charge in [-0.05, 0) is 59.6 Å². The molecule has 0 saturated heterocycles. The van der Waals surface area contributed by atoms with Crippen molar-refractivity contribution >= 4 is 30.5 Å². The molecular formula is C23H33N3O4S. The van der Waals surface area contributed by atoms with Gasteiger partial charge in [0, 0.05) is 17.8 Å². The van der Waals surface area contributed by atoms with Crippen LogP contribution >= 0.6 is 12.6 Å². The lowest BCUT2D eigenvalue weighted by molar-refractivity contribution is -0.138. The van der Waals surface area contributed by atoms with Crippen molar-refractivity contribution < 1.29 is 19.1 Å². The van der Waals surface area contributed by atoms with Crippen LogP contribution in [0.1, 0.15) is 57.4 Å². The Morgan fingerprint density at radius 2 is 1.81 bits per heavy atom. The van der Waals surface area contributed by atoms with Gasteiger partial charge in [-0.3, -0.25) is 14.5 Å². The van der Waals surface area contributed by atoms with Gasteiger partial charge in [-0.15, -0.1) is 0 Å². The Morgan fingerprint density at radius 1 is 1.19 bits per heavy atom. The van der Waals surface area contributed by atoms with Crippen LogP contribution in [-0.4, -0.2) is 46.2 Å². The maximum Gasteiger partial charge on any atom is 0.408 e. The van der Waals surface area contributed by atoms with Gasteiger partial charge in [0.25, 0.3) is 5.91 Å². The summed E-state index contributed by atoms with van der Waals surface area (Å²) < 4.78 is 5.23. The highest BCUT2D eigenvalue weighted by molar-refractivity contribution is 7.80. The van der Waals surface area contributed by atoms with Crippen molar-refractivity contribution in [3.8, 4) is 12.5 Å². The molecule has 0 bridgehead atoms. The highest BCUT2D eigenvalue weighted by atomic mass is 32.1. The van der Waals surface area contributed by atoms with Crippen LogP contribution < -0.4 is 10.6 Å². The van der Waals surface area contributed by atoms with E-state index in [1.807, 2.05) is 39.8 Å². The van der Waals surface area contributed by atoms with E-state index < -0.39 is 35.6 Å². The Balaban J connectivity index is 3.33. The van der Waals surface area contributed by atoms with Gasteiger partial charge in [0.15, 0.2) is 0 Å². The first kappa shape index (κ1) is 26.4. The zero-order chi connectivity index (χ0) is 23.9. The molecule has 1 aromatic rings. The maximum absolute atomic E-state index is 13.3. The fourth-order valence-corrected chi connectivity index (χ4v) is 3.21. The molecule has 0 aromatic heterocycles. The largest absolute Gasteiger partial charge is 0.444 e. The van der Waals surface area contributed by atoms with E-state index in [1.165, 1.54) is 0 Å². The number of hydrogen-bond donors (Lipinski definition) is 3. The number of aryl methyl sites for hydroxylation is 2. The number of carbonyl (C=O) groups excluding carboxylic acids is 3. The Hall–Kier alpha value is -2.66. The van der Waals surface area contributed by atoms with E-state index in [0.717, 1.165) is 16.0 Å². The van der Waals surface area contributed by atoms with E-state index in [0.29, 0.717) is 5.56 Å². The van der Waals surface area contributed by atoms with Crippen molar-refractivity contribution in [1.29, 1.82) is 0 Å². The first-order chi connectivity index (χ1) is 14.3. The molecular weight excluding hydrogens is 414 g/mol. The summed E-state index contributed by atoms with van der Waals surface area (Å²) in [5, 5.41) is 5.31. The van der Waals surface area contributed by atoms with E-state index in [2.05, 4.69) is 29.3 Å². The number of rotatable bonds is 7. The van der Waals surface area contributed by atoms with Crippen LogP contribution in [0.25, 0.3) is 0 Å². The summed E-state index contributed by atoms with van der Waals surface area (Å²) in [5.41, 5.74) is 1.70. The predicted octanol–water partition coefficient (Wildman–Crippen LogP) is 3.11. The Bertz CT molecular complexity index is 855. The molecule has 7 nitrogen and oxygen atoms in total. The minimum atomic E-state index is -1.07. The molecule has 0 heterocycles. The number of alkyl carbamates (subject to hydrolysis) is 1. The van der Waals surface area contributed by atoms with Crippen molar-refractivity contribution in [3.63, 3.8) is 0 Å². The van der Waals surface area contributed by atoms with Crippen molar-refractivity contribution in [2.45, 2.75) is 72.2 Å². The molecule has 2 N–H and O–H groups in total. The smallest absolute Gasteiger partial charge is 0.408 e. The standard InChI is InChI=1S/C23H33N3O4S/c1-9-26(21(28)18(13-31)25-22(29)30-23(6,7)8)19(20(27)24-14(2)3)17-11-10-15(4)12-16(17)5/h1,10-12,14,18-19,31H,13H2,2-8H3,(H,24,27)(H,25,29). The molecule has 0 radical (unpaired) electrons. The molecule has 8 heteroatoms. The van der Waals surface area contributed by atoms with Crippen LogP contribution in [-0.2, 0) is 14.3 Å². The zero-order valence-electron chi connectivity index (χ0n) is 19.3. The average Bonchev–Trinajstić information content (AvgIpc) is 2.62. The second-order valence-electron chi connectivity index (χ2n) is 8.64. The first-order valence-electron chi connectivity index (χ1n) is 10.1. The Kier molecular flexibility index (Phi) is 9.44. The highest BCUT2D eigenvalue weighted by Crippen LogP contribution is 2.26. The lowest BCUT2D eigenvalue weighted by atomic mass is 9.96. The lowest BCUT2D eigenvalue weighted by Crippen LogP contribution is -2.52. The Morgan fingerprint density at radius 3 is 2.26 bits per heavy atom. The highest BCUT2D eigenvalue weighted by Gasteiger charge is 2.36. The molecule has 2 unspecified atom stereocenters. The first-order valence-corrected chi connectivity index (χ1v) is 10.7. The molecule has 0 aliphatic rings. The Labute approximate surface area is 190 Å². The summed E-state index contributed by atoms with van der Waals surface area (Å²) in [6.07, 6.45) is 4.92. The van der Waals surface area contributed by atoms with Crippen molar-refractivity contribution in [3.05, 3.63) is 34.9 Å². The van der Waals surface area contributed by atoms with Crippen molar-refractivity contribution in [2.75, 3.05) is 5.75 Å². The van der Waals surface area contributed by atoms with Gasteiger partial charge in [-0.25, -0.2) is 4.79 Å². The van der Waals surface area contributed by atoms with E-state index in [-0.39, 0.29) is 11.8 Å². The molecule has 1 aromatic carbocycles. The molecule has 2 atom stereocenters. The third-order valence-corrected chi connectivity index (χ3v) is 4.57. The van der Waals surface area contributed by atoms with Crippen LogP contribution in [0.5, 0.6) is 0 Å². The van der Waals surface area contributed by atoms with Crippen LogP contribution in [0.2, 0.25) is 0 Å². The molecule has 0 aliphatic heterocycles.